The average Bonchev–Trinajstić information content (AvgIpc) is 2.91. The highest BCUT2D eigenvalue weighted by molar-refractivity contribution is 5.93. The molecule has 2 aliphatic rings. The predicted octanol–water partition coefficient (Wildman–Crippen LogP) is 3.44. The lowest BCUT2D eigenvalue weighted by atomic mass is 9.97. The van der Waals surface area contributed by atoms with Gasteiger partial charge in [0, 0.05) is 13.1 Å². The van der Waals surface area contributed by atoms with Gasteiger partial charge >= 0.3 is 5.97 Å². The number of rotatable bonds is 2. The smallest absolute Gasteiger partial charge is 0.318 e. The second-order valence-corrected chi connectivity index (χ2v) is 6.55. The monoisotopic (exact) mass is 307 g/mol. The fraction of sp³-hybridized carbons (Fsp3) is 0.350. The highest BCUT2D eigenvalue weighted by Crippen LogP contribution is 2.45. The molecule has 0 amide bonds. The first kappa shape index (κ1) is 14.5. The van der Waals surface area contributed by atoms with E-state index in [1.807, 2.05) is 24.3 Å². The summed E-state index contributed by atoms with van der Waals surface area (Å²) in [5, 5.41) is 0. The van der Waals surface area contributed by atoms with Crippen LogP contribution in [0.4, 0.5) is 0 Å². The molecule has 1 aliphatic carbocycles. The summed E-state index contributed by atoms with van der Waals surface area (Å²) in [7, 11) is 2.11. The van der Waals surface area contributed by atoms with Gasteiger partial charge in [0.05, 0.1) is 0 Å². The zero-order valence-electron chi connectivity index (χ0n) is 13.4. The molecule has 1 fully saturated rings. The van der Waals surface area contributed by atoms with Crippen LogP contribution in [-0.4, -0.2) is 37.1 Å². The molecule has 1 saturated heterocycles. The van der Waals surface area contributed by atoms with Crippen LogP contribution in [0, 0.1) is 0 Å². The number of nitrogens with zero attached hydrogens (tertiary/aromatic N) is 1. The highest BCUT2D eigenvalue weighted by atomic mass is 16.5. The molecule has 23 heavy (non-hydrogen) atoms. The van der Waals surface area contributed by atoms with E-state index in [2.05, 4.69) is 36.2 Å². The fourth-order valence-electron chi connectivity index (χ4n) is 3.74. The van der Waals surface area contributed by atoms with E-state index in [0.29, 0.717) is 0 Å². The van der Waals surface area contributed by atoms with E-state index >= 15 is 0 Å². The quantitative estimate of drug-likeness (QED) is 0.796. The molecule has 2 aromatic rings. The van der Waals surface area contributed by atoms with Gasteiger partial charge in [-0.3, -0.25) is 4.79 Å². The van der Waals surface area contributed by atoms with Crippen LogP contribution >= 0.6 is 0 Å². The SMILES string of the molecule is CN1CCC(OC(=O)C2c3ccccc3-c3ccccc32)CC1. The van der Waals surface area contributed by atoms with E-state index in [-0.39, 0.29) is 18.0 Å². The summed E-state index contributed by atoms with van der Waals surface area (Å²) in [6.45, 7) is 1.99. The molecule has 0 radical (unpaired) electrons. The number of hydrogen-bond acceptors (Lipinski definition) is 3. The lowest BCUT2D eigenvalue weighted by Crippen LogP contribution is -2.36. The molecule has 0 spiro atoms. The Kier molecular flexibility index (Phi) is 3.66. The number of benzene rings is 2. The van der Waals surface area contributed by atoms with Crippen molar-refractivity contribution in [3.63, 3.8) is 0 Å². The molecule has 3 nitrogen and oxygen atoms in total. The van der Waals surface area contributed by atoms with E-state index < -0.39 is 0 Å². The van der Waals surface area contributed by atoms with Gasteiger partial charge in [0.2, 0.25) is 0 Å². The van der Waals surface area contributed by atoms with Crippen LogP contribution in [0.3, 0.4) is 0 Å². The van der Waals surface area contributed by atoms with Gasteiger partial charge in [-0.1, -0.05) is 48.5 Å². The Hall–Kier alpha value is -2.13. The number of hydrogen-bond donors (Lipinski definition) is 0. The van der Waals surface area contributed by atoms with Gasteiger partial charge < -0.3 is 9.64 Å². The number of carbonyl (C=O) groups excluding carboxylic acids is 1. The average molecular weight is 307 g/mol. The minimum atomic E-state index is -0.276. The molecule has 0 bridgehead atoms. The number of fused-ring (bicyclic) bond motifs is 3. The van der Waals surface area contributed by atoms with Crippen molar-refractivity contribution in [1.29, 1.82) is 0 Å². The Bertz CT molecular complexity index is 686. The Labute approximate surface area is 136 Å². The number of carbonyl (C=O) groups is 1. The second kappa shape index (κ2) is 5.82. The molecule has 0 N–H and O–H groups in total. The lowest BCUT2D eigenvalue weighted by Gasteiger charge is -2.29. The van der Waals surface area contributed by atoms with Crippen molar-refractivity contribution in [2.75, 3.05) is 20.1 Å². The van der Waals surface area contributed by atoms with E-state index in [9.17, 15) is 4.79 Å². The Morgan fingerprint density at radius 1 is 0.957 bits per heavy atom. The minimum absolute atomic E-state index is 0.0543. The van der Waals surface area contributed by atoms with Gasteiger partial charge in [0.1, 0.15) is 12.0 Å². The summed E-state index contributed by atoms with van der Waals surface area (Å²) >= 11 is 0. The summed E-state index contributed by atoms with van der Waals surface area (Å²) in [6.07, 6.45) is 1.91. The van der Waals surface area contributed by atoms with Crippen molar-refractivity contribution in [2.45, 2.75) is 24.9 Å². The zero-order chi connectivity index (χ0) is 15.8. The van der Waals surface area contributed by atoms with E-state index in [0.717, 1.165) is 48.2 Å². The van der Waals surface area contributed by atoms with Crippen molar-refractivity contribution in [3.05, 3.63) is 59.7 Å². The van der Waals surface area contributed by atoms with E-state index in [1.165, 1.54) is 0 Å². The standard InChI is InChI=1S/C20H21NO2/c1-21-12-10-14(11-13-21)23-20(22)19-17-8-4-2-6-15(17)16-7-3-5-9-18(16)19/h2-9,14,19H,10-13H2,1H3. The van der Waals surface area contributed by atoms with Crippen LogP contribution in [0.15, 0.2) is 48.5 Å². The summed E-state index contributed by atoms with van der Waals surface area (Å²) < 4.78 is 5.87. The Morgan fingerprint density at radius 3 is 2.04 bits per heavy atom. The van der Waals surface area contributed by atoms with Gasteiger partial charge in [-0.25, -0.2) is 0 Å². The predicted molar refractivity (Wildman–Crippen MR) is 90.3 cm³/mol. The largest absolute Gasteiger partial charge is 0.462 e. The molecule has 4 rings (SSSR count). The Morgan fingerprint density at radius 2 is 1.48 bits per heavy atom. The molecule has 1 heterocycles. The van der Waals surface area contributed by atoms with Gasteiger partial charge in [-0.05, 0) is 42.1 Å². The summed E-state index contributed by atoms with van der Waals surface area (Å²) in [5.74, 6) is -0.376. The van der Waals surface area contributed by atoms with Crippen LogP contribution in [0.1, 0.15) is 29.9 Å². The van der Waals surface area contributed by atoms with E-state index in [4.69, 9.17) is 4.74 Å². The number of ether oxygens (including phenoxy) is 1. The maximum atomic E-state index is 12.9. The highest BCUT2D eigenvalue weighted by Gasteiger charge is 2.35. The summed E-state index contributed by atoms with van der Waals surface area (Å²) in [4.78, 5) is 15.2. The molecule has 118 valence electrons. The van der Waals surface area contributed by atoms with Crippen LogP contribution in [0.25, 0.3) is 11.1 Å². The molecule has 0 atom stereocenters. The van der Waals surface area contributed by atoms with Gasteiger partial charge in [0.15, 0.2) is 0 Å². The topological polar surface area (TPSA) is 29.5 Å². The molecular formula is C20H21NO2. The van der Waals surface area contributed by atoms with Crippen molar-refractivity contribution >= 4 is 5.97 Å². The third-order valence-electron chi connectivity index (χ3n) is 5.02. The molecule has 3 heteroatoms. The molecule has 0 unspecified atom stereocenters. The second-order valence-electron chi connectivity index (χ2n) is 6.55. The number of likely N-dealkylation sites (tertiary alicyclic amines) is 1. The van der Waals surface area contributed by atoms with Gasteiger partial charge in [0.25, 0.3) is 0 Å². The van der Waals surface area contributed by atoms with Crippen LogP contribution in [-0.2, 0) is 9.53 Å². The summed E-state index contributed by atoms with van der Waals surface area (Å²) in [5.41, 5.74) is 4.47. The van der Waals surface area contributed by atoms with Crippen LogP contribution in [0.5, 0.6) is 0 Å². The van der Waals surface area contributed by atoms with Crippen molar-refractivity contribution < 1.29 is 9.53 Å². The Balaban J connectivity index is 1.62. The first-order valence-corrected chi connectivity index (χ1v) is 8.31. The number of piperidine rings is 1. The van der Waals surface area contributed by atoms with Crippen molar-refractivity contribution in [3.8, 4) is 11.1 Å². The van der Waals surface area contributed by atoms with E-state index in [1.54, 1.807) is 0 Å². The van der Waals surface area contributed by atoms with Crippen LogP contribution < -0.4 is 0 Å². The maximum Gasteiger partial charge on any atom is 0.318 e. The van der Waals surface area contributed by atoms with Crippen molar-refractivity contribution in [1.82, 2.24) is 4.90 Å². The minimum Gasteiger partial charge on any atom is -0.462 e. The first-order valence-electron chi connectivity index (χ1n) is 8.31. The van der Waals surface area contributed by atoms with Crippen molar-refractivity contribution in [2.24, 2.45) is 0 Å². The maximum absolute atomic E-state index is 12.9. The number of esters is 1. The van der Waals surface area contributed by atoms with Crippen LogP contribution in [0.2, 0.25) is 0 Å². The normalized spacial score (nSPS) is 18.5. The first-order chi connectivity index (χ1) is 11.2. The molecule has 2 aromatic carbocycles. The molecule has 1 aliphatic heterocycles. The molecule has 0 aromatic heterocycles. The molecule has 0 saturated carbocycles. The fourth-order valence-corrected chi connectivity index (χ4v) is 3.74. The lowest BCUT2D eigenvalue weighted by molar-refractivity contribution is -0.151. The third-order valence-corrected chi connectivity index (χ3v) is 5.02. The zero-order valence-corrected chi connectivity index (χ0v) is 13.4. The van der Waals surface area contributed by atoms with Gasteiger partial charge in [-0.2, -0.15) is 0 Å². The molecular weight excluding hydrogens is 286 g/mol. The third kappa shape index (κ3) is 2.55. The van der Waals surface area contributed by atoms with Gasteiger partial charge in [-0.15, -0.1) is 0 Å². The summed E-state index contributed by atoms with van der Waals surface area (Å²) in [6, 6.07) is 16.3.